The van der Waals surface area contributed by atoms with Crippen LogP contribution in [0, 0.1) is 0 Å². The summed E-state index contributed by atoms with van der Waals surface area (Å²) in [6, 6.07) is 6.85. The summed E-state index contributed by atoms with van der Waals surface area (Å²) in [5.41, 5.74) is 6.55. The van der Waals surface area contributed by atoms with Gasteiger partial charge in [0.25, 0.3) is 5.91 Å². The van der Waals surface area contributed by atoms with Crippen LogP contribution in [0.3, 0.4) is 0 Å². The molecule has 1 fully saturated rings. The summed E-state index contributed by atoms with van der Waals surface area (Å²) in [6.45, 7) is 6.74. The molecular formula is C17H25N3O3. The first-order valence-electron chi connectivity index (χ1n) is 7.89. The Bertz CT molecular complexity index is 563. The third kappa shape index (κ3) is 5.25. The van der Waals surface area contributed by atoms with Gasteiger partial charge >= 0.3 is 6.09 Å². The van der Waals surface area contributed by atoms with Gasteiger partial charge in [0, 0.05) is 30.4 Å². The van der Waals surface area contributed by atoms with Gasteiger partial charge < -0.3 is 15.4 Å². The van der Waals surface area contributed by atoms with Crippen molar-refractivity contribution in [3.63, 3.8) is 0 Å². The van der Waals surface area contributed by atoms with Gasteiger partial charge in [-0.2, -0.15) is 0 Å². The fourth-order valence-corrected chi connectivity index (χ4v) is 2.49. The van der Waals surface area contributed by atoms with Crippen LogP contribution < -0.4 is 11.1 Å². The zero-order chi connectivity index (χ0) is 17.0. The summed E-state index contributed by atoms with van der Waals surface area (Å²) in [5, 5.41) is 2.65. The zero-order valence-corrected chi connectivity index (χ0v) is 14.0. The van der Waals surface area contributed by atoms with Crippen LogP contribution in [-0.2, 0) is 4.74 Å². The smallest absolute Gasteiger partial charge is 0.412 e. The number of benzene rings is 1. The van der Waals surface area contributed by atoms with Crippen LogP contribution >= 0.6 is 0 Å². The van der Waals surface area contributed by atoms with E-state index in [9.17, 15) is 9.59 Å². The number of piperidine rings is 1. The summed E-state index contributed by atoms with van der Waals surface area (Å²) >= 11 is 0. The Hall–Kier alpha value is -2.08. The number of hydrogen-bond donors (Lipinski definition) is 2. The summed E-state index contributed by atoms with van der Waals surface area (Å²) < 4.78 is 5.19. The highest BCUT2D eigenvalue weighted by Gasteiger charge is 2.22. The summed E-state index contributed by atoms with van der Waals surface area (Å²) in [4.78, 5) is 25.9. The largest absolute Gasteiger partial charge is 0.444 e. The third-order valence-electron chi connectivity index (χ3n) is 3.52. The first-order chi connectivity index (χ1) is 10.7. The number of nitrogens with zero attached hydrogens (tertiary/aromatic N) is 1. The molecule has 6 nitrogen and oxygen atoms in total. The fourth-order valence-electron chi connectivity index (χ4n) is 2.49. The van der Waals surface area contributed by atoms with Crippen LogP contribution in [0.1, 0.15) is 44.0 Å². The molecule has 2 rings (SSSR count). The van der Waals surface area contributed by atoms with Gasteiger partial charge in [0.15, 0.2) is 0 Å². The van der Waals surface area contributed by atoms with Gasteiger partial charge in [0.2, 0.25) is 0 Å². The standard InChI is InChI=1S/C17H25N3O3/c1-17(2,3)23-16(22)19-14-8-6-12(7-9-14)15(21)20-10-4-5-13(18)11-20/h6-9,13H,4-5,10-11,18H2,1-3H3,(H,19,22). The minimum atomic E-state index is -0.549. The first kappa shape index (κ1) is 17.3. The maximum absolute atomic E-state index is 12.4. The second kappa shape index (κ2) is 7.00. The molecule has 2 amide bonds. The molecule has 1 aliphatic heterocycles. The molecule has 6 heteroatoms. The fraction of sp³-hybridized carbons (Fsp3) is 0.529. The predicted molar refractivity (Wildman–Crippen MR) is 89.4 cm³/mol. The average molecular weight is 319 g/mol. The van der Waals surface area contributed by atoms with Crippen molar-refractivity contribution in [2.45, 2.75) is 45.3 Å². The van der Waals surface area contributed by atoms with E-state index in [0.717, 1.165) is 19.4 Å². The van der Waals surface area contributed by atoms with Gasteiger partial charge in [0.05, 0.1) is 0 Å². The first-order valence-corrected chi connectivity index (χ1v) is 7.89. The van der Waals surface area contributed by atoms with E-state index < -0.39 is 11.7 Å². The van der Waals surface area contributed by atoms with E-state index in [1.54, 1.807) is 49.9 Å². The molecule has 3 N–H and O–H groups in total. The van der Waals surface area contributed by atoms with Gasteiger partial charge in [-0.1, -0.05) is 0 Å². The molecule has 1 heterocycles. The number of carbonyl (C=O) groups is 2. The number of rotatable bonds is 2. The van der Waals surface area contributed by atoms with Crippen molar-refractivity contribution in [3.8, 4) is 0 Å². The molecule has 0 aromatic heterocycles. The number of ether oxygens (including phenoxy) is 1. The molecule has 0 spiro atoms. The molecule has 23 heavy (non-hydrogen) atoms. The second-order valence-electron chi connectivity index (χ2n) is 6.86. The molecule has 0 saturated carbocycles. The molecule has 1 atom stereocenters. The zero-order valence-electron chi connectivity index (χ0n) is 14.0. The molecule has 0 aliphatic carbocycles. The van der Waals surface area contributed by atoms with Gasteiger partial charge in [0.1, 0.15) is 5.60 Å². The number of nitrogens with one attached hydrogen (secondary N) is 1. The third-order valence-corrected chi connectivity index (χ3v) is 3.52. The Morgan fingerprint density at radius 1 is 1.26 bits per heavy atom. The number of hydrogen-bond acceptors (Lipinski definition) is 4. The second-order valence-corrected chi connectivity index (χ2v) is 6.86. The van der Waals surface area contributed by atoms with E-state index in [-0.39, 0.29) is 11.9 Å². The SMILES string of the molecule is CC(C)(C)OC(=O)Nc1ccc(C(=O)N2CCCC(N)C2)cc1. The molecule has 0 bridgehead atoms. The monoisotopic (exact) mass is 319 g/mol. The molecule has 1 unspecified atom stereocenters. The molecule has 1 saturated heterocycles. The van der Waals surface area contributed by atoms with E-state index >= 15 is 0 Å². The molecule has 126 valence electrons. The Balaban J connectivity index is 1.96. The quantitative estimate of drug-likeness (QED) is 0.877. The van der Waals surface area contributed by atoms with Crippen LogP contribution in [0.25, 0.3) is 0 Å². The Morgan fingerprint density at radius 2 is 1.91 bits per heavy atom. The van der Waals surface area contributed by atoms with E-state index in [1.807, 2.05) is 0 Å². The minimum absolute atomic E-state index is 0.0241. The van der Waals surface area contributed by atoms with Crippen LogP contribution in [-0.4, -0.2) is 41.6 Å². The Kier molecular flexibility index (Phi) is 5.26. The lowest BCUT2D eigenvalue weighted by molar-refractivity contribution is 0.0635. The normalized spacial score (nSPS) is 18.4. The van der Waals surface area contributed by atoms with Crippen LogP contribution in [0.5, 0.6) is 0 Å². The predicted octanol–water partition coefficient (Wildman–Crippen LogP) is 2.60. The maximum Gasteiger partial charge on any atom is 0.412 e. The summed E-state index contributed by atoms with van der Waals surface area (Å²) in [5.74, 6) is -0.0241. The number of amides is 2. The maximum atomic E-state index is 12.4. The van der Waals surface area contributed by atoms with Crippen molar-refractivity contribution in [2.75, 3.05) is 18.4 Å². The van der Waals surface area contributed by atoms with Crippen LogP contribution in [0.2, 0.25) is 0 Å². The topological polar surface area (TPSA) is 84.7 Å². The number of nitrogens with two attached hydrogens (primary N) is 1. The van der Waals surface area contributed by atoms with E-state index in [4.69, 9.17) is 10.5 Å². The number of anilines is 1. The highest BCUT2D eigenvalue weighted by atomic mass is 16.6. The van der Waals surface area contributed by atoms with E-state index in [1.165, 1.54) is 0 Å². The van der Waals surface area contributed by atoms with Gasteiger partial charge in [-0.25, -0.2) is 4.79 Å². The Labute approximate surface area is 137 Å². The lowest BCUT2D eigenvalue weighted by Gasteiger charge is -2.30. The number of likely N-dealkylation sites (tertiary alicyclic amines) is 1. The van der Waals surface area contributed by atoms with Crippen molar-refractivity contribution in [3.05, 3.63) is 29.8 Å². The molecular weight excluding hydrogens is 294 g/mol. The molecule has 0 radical (unpaired) electrons. The summed E-state index contributed by atoms with van der Waals surface area (Å²) in [7, 11) is 0. The summed E-state index contributed by atoms with van der Waals surface area (Å²) in [6.07, 6.45) is 1.38. The van der Waals surface area contributed by atoms with Crippen molar-refractivity contribution in [2.24, 2.45) is 5.73 Å². The van der Waals surface area contributed by atoms with Crippen molar-refractivity contribution >= 4 is 17.7 Å². The van der Waals surface area contributed by atoms with Crippen LogP contribution in [0.15, 0.2) is 24.3 Å². The number of carbonyl (C=O) groups excluding carboxylic acids is 2. The Morgan fingerprint density at radius 3 is 2.48 bits per heavy atom. The van der Waals surface area contributed by atoms with Crippen molar-refractivity contribution in [1.29, 1.82) is 0 Å². The van der Waals surface area contributed by atoms with E-state index in [0.29, 0.717) is 17.8 Å². The van der Waals surface area contributed by atoms with Crippen molar-refractivity contribution in [1.82, 2.24) is 4.90 Å². The molecule has 1 aliphatic rings. The average Bonchev–Trinajstić information content (AvgIpc) is 2.45. The van der Waals surface area contributed by atoms with Gasteiger partial charge in [-0.3, -0.25) is 10.1 Å². The van der Waals surface area contributed by atoms with Gasteiger partial charge in [-0.05, 0) is 57.9 Å². The lowest BCUT2D eigenvalue weighted by atomic mass is 10.1. The lowest BCUT2D eigenvalue weighted by Crippen LogP contribution is -2.45. The van der Waals surface area contributed by atoms with Crippen molar-refractivity contribution < 1.29 is 14.3 Å². The molecule has 1 aromatic rings. The van der Waals surface area contributed by atoms with Crippen LogP contribution in [0.4, 0.5) is 10.5 Å². The van der Waals surface area contributed by atoms with E-state index in [2.05, 4.69) is 5.32 Å². The minimum Gasteiger partial charge on any atom is -0.444 e. The van der Waals surface area contributed by atoms with Gasteiger partial charge in [-0.15, -0.1) is 0 Å². The highest BCUT2D eigenvalue weighted by Crippen LogP contribution is 2.16. The molecule has 1 aromatic carbocycles. The highest BCUT2D eigenvalue weighted by molar-refractivity contribution is 5.95.